The van der Waals surface area contributed by atoms with Crippen molar-refractivity contribution in [3.8, 4) is 0 Å². The van der Waals surface area contributed by atoms with Crippen LogP contribution in [0.5, 0.6) is 0 Å². The number of aromatic nitrogens is 1. The summed E-state index contributed by atoms with van der Waals surface area (Å²) in [7, 11) is 0. The van der Waals surface area contributed by atoms with Gasteiger partial charge in [-0.05, 0) is 64.1 Å². The van der Waals surface area contributed by atoms with E-state index in [2.05, 4.69) is 66.6 Å². The Kier molecular flexibility index (Phi) is 4.10. The number of nitrogens with zero attached hydrogens (tertiary/aromatic N) is 1. The first-order valence-corrected chi connectivity index (χ1v) is 8.65. The summed E-state index contributed by atoms with van der Waals surface area (Å²) >= 11 is 8.79. The molecule has 0 spiro atoms. The third kappa shape index (κ3) is 2.90. The average molecular weight is 412 g/mol. The molecule has 1 N–H and O–H groups in total. The number of halogens is 2. The molecule has 20 heavy (non-hydrogen) atoms. The summed E-state index contributed by atoms with van der Waals surface area (Å²) in [6, 6.07) is 10.6. The Bertz CT molecular complexity index is 754. The molecule has 1 atom stereocenters. The van der Waals surface area contributed by atoms with Crippen molar-refractivity contribution in [3.05, 3.63) is 56.4 Å². The molecule has 2 nitrogen and oxygen atoms in total. The third-order valence-corrected chi connectivity index (χ3v) is 5.16. The van der Waals surface area contributed by atoms with Gasteiger partial charge in [0, 0.05) is 15.1 Å². The Hall–Kier alpha value is -0.910. The molecule has 0 fully saturated rings. The van der Waals surface area contributed by atoms with Crippen molar-refractivity contribution in [2.45, 2.75) is 13.0 Å². The predicted molar refractivity (Wildman–Crippen MR) is 93.5 cm³/mol. The number of thiophene rings is 1. The van der Waals surface area contributed by atoms with Gasteiger partial charge < -0.3 is 5.32 Å². The van der Waals surface area contributed by atoms with Crippen molar-refractivity contribution >= 4 is 59.1 Å². The van der Waals surface area contributed by atoms with Gasteiger partial charge in [0.05, 0.1) is 21.9 Å². The van der Waals surface area contributed by atoms with Gasteiger partial charge in [-0.15, -0.1) is 11.3 Å². The Morgan fingerprint density at radius 2 is 2.05 bits per heavy atom. The number of hydrogen-bond acceptors (Lipinski definition) is 3. The van der Waals surface area contributed by atoms with Crippen molar-refractivity contribution in [3.63, 3.8) is 0 Å². The second-order valence-electron chi connectivity index (χ2n) is 4.56. The molecule has 2 heterocycles. The summed E-state index contributed by atoms with van der Waals surface area (Å²) in [4.78, 5) is 4.49. The molecule has 0 aliphatic carbocycles. The van der Waals surface area contributed by atoms with Crippen LogP contribution in [0.4, 0.5) is 5.69 Å². The topological polar surface area (TPSA) is 24.9 Å². The van der Waals surface area contributed by atoms with Crippen LogP contribution in [0.25, 0.3) is 10.2 Å². The van der Waals surface area contributed by atoms with Crippen molar-refractivity contribution < 1.29 is 0 Å². The normalized spacial score (nSPS) is 12.6. The molecular formula is C15H12Br2N2S. The van der Waals surface area contributed by atoms with Crippen LogP contribution in [0.2, 0.25) is 0 Å². The van der Waals surface area contributed by atoms with Gasteiger partial charge in [0.25, 0.3) is 0 Å². The first-order valence-electron chi connectivity index (χ1n) is 6.18. The Balaban J connectivity index is 1.88. The Morgan fingerprint density at radius 3 is 2.90 bits per heavy atom. The van der Waals surface area contributed by atoms with E-state index in [1.807, 2.05) is 24.4 Å². The highest BCUT2D eigenvalue weighted by molar-refractivity contribution is 9.11. The maximum absolute atomic E-state index is 4.49. The highest BCUT2D eigenvalue weighted by Gasteiger charge is 2.09. The Morgan fingerprint density at radius 1 is 1.20 bits per heavy atom. The molecule has 3 aromatic rings. The second-order valence-corrected chi connectivity index (χ2v) is 7.28. The third-order valence-electron chi connectivity index (χ3n) is 3.12. The molecule has 5 heteroatoms. The quantitative estimate of drug-likeness (QED) is 0.572. The van der Waals surface area contributed by atoms with Crippen molar-refractivity contribution in [2.24, 2.45) is 0 Å². The summed E-state index contributed by atoms with van der Waals surface area (Å²) in [6.45, 7) is 2.14. The number of pyridine rings is 1. The lowest BCUT2D eigenvalue weighted by atomic mass is 10.1. The van der Waals surface area contributed by atoms with Crippen LogP contribution in [-0.4, -0.2) is 4.98 Å². The first-order chi connectivity index (χ1) is 9.63. The van der Waals surface area contributed by atoms with E-state index in [-0.39, 0.29) is 6.04 Å². The van der Waals surface area contributed by atoms with Gasteiger partial charge in [0.15, 0.2) is 0 Å². The minimum Gasteiger partial charge on any atom is -0.378 e. The molecule has 102 valence electrons. The van der Waals surface area contributed by atoms with E-state index in [4.69, 9.17) is 0 Å². The molecule has 0 aliphatic rings. The molecule has 0 saturated heterocycles. The number of rotatable bonds is 3. The van der Waals surface area contributed by atoms with E-state index in [9.17, 15) is 0 Å². The molecule has 3 rings (SSSR count). The van der Waals surface area contributed by atoms with Crippen molar-refractivity contribution in [2.75, 3.05) is 5.32 Å². The summed E-state index contributed by atoms with van der Waals surface area (Å²) < 4.78 is 3.34. The van der Waals surface area contributed by atoms with Crippen LogP contribution >= 0.6 is 43.2 Å². The fraction of sp³-hybridized carbons (Fsp3) is 0.133. The summed E-state index contributed by atoms with van der Waals surface area (Å²) in [5, 5.41) is 5.59. The van der Waals surface area contributed by atoms with Crippen molar-refractivity contribution in [1.29, 1.82) is 0 Å². The number of anilines is 1. The van der Waals surface area contributed by atoms with E-state index in [1.165, 1.54) is 10.3 Å². The summed E-state index contributed by atoms with van der Waals surface area (Å²) in [6.07, 6.45) is 1.94. The van der Waals surface area contributed by atoms with Crippen molar-refractivity contribution in [1.82, 2.24) is 4.98 Å². The zero-order valence-electron chi connectivity index (χ0n) is 10.7. The minimum absolute atomic E-state index is 0.194. The lowest BCUT2D eigenvalue weighted by molar-refractivity contribution is 0.879. The molecule has 1 unspecified atom stereocenters. The first kappa shape index (κ1) is 14.0. The summed E-state index contributed by atoms with van der Waals surface area (Å²) in [5.41, 5.74) is 3.32. The standard InChI is InChI=1S/C15H12Br2N2S/c1-9(19-14-7-11(16)2-3-12(14)17)10-6-15-13(18-8-10)4-5-20-15/h2-9,19H,1H3. The van der Waals surface area contributed by atoms with Gasteiger partial charge >= 0.3 is 0 Å². The summed E-state index contributed by atoms with van der Waals surface area (Å²) in [5.74, 6) is 0. The molecule has 0 saturated carbocycles. The minimum atomic E-state index is 0.194. The van der Waals surface area contributed by atoms with Crippen LogP contribution in [0, 0.1) is 0 Å². The SMILES string of the molecule is CC(Nc1cc(Br)ccc1Br)c1cnc2ccsc2c1. The van der Waals surface area contributed by atoms with E-state index in [1.54, 1.807) is 11.3 Å². The van der Waals surface area contributed by atoms with Gasteiger partial charge in [-0.1, -0.05) is 15.9 Å². The highest BCUT2D eigenvalue weighted by Crippen LogP contribution is 2.30. The van der Waals surface area contributed by atoms with Crippen LogP contribution in [0.1, 0.15) is 18.5 Å². The van der Waals surface area contributed by atoms with Gasteiger partial charge in [-0.3, -0.25) is 4.98 Å². The number of hydrogen-bond donors (Lipinski definition) is 1. The molecule has 0 aliphatic heterocycles. The fourth-order valence-electron chi connectivity index (χ4n) is 2.02. The van der Waals surface area contributed by atoms with Crippen LogP contribution in [-0.2, 0) is 0 Å². The van der Waals surface area contributed by atoms with Gasteiger partial charge in [-0.2, -0.15) is 0 Å². The highest BCUT2D eigenvalue weighted by atomic mass is 79.9. The lowest BCUT2D eigenvalue weighted by Gasteiger charge is -2.17. The van der Waals surface area contributed by atoms with E-state index in [0.717, 1.165) is 20.1 Å². The van der Waals surface area contributed by atoms with Crippen LogP contribution in [0.3, 0.4) is 0 Å². The maximum Gasteiger partial charge on any atom is 0.0809 e. The van der Waals surface area contributed by atoms with E-state index in [0.29, 0.717) is 0 Å². The molecule has 0 amide bonds. The van der Waals surface area contributed by atoms with E-state index < -0.39 is 0 Å². The zero-order chi connectivity index (χ0) is 14.1. The predicted octanol–water partition coefficient (Wildman–Crippen LogP) is 5.99. The molecule has 0 radical (unpaired) electrons. The Labute approximate surface area is 138 Å². The molecule has 2 aromatic heterocycles. The lowest BCUT2D eigenvalue weighted by Crippen LogP contribution is -2.07. The fourth-order valence-corrected chi connectivity index (χ4v) is 3.53. The number of nitrogens with one attached hydrogen (secondary N) is 1. The van der Waals surface area contributed by atoms with Gasteiger partial charge in [0.2, 0.25) is 0 Å². The van der Waals surface area contributed by atoms with Crippen LogP contribution in [0.15, 0.2) is 50.9 Å². The smallest absolute Gasteiger partial charge is 0.0809 e. The largest absolute Gasteiger partial charge is 0.378 e. The van der Waals surface area contributed by atoms with Gasteiger partial charge in [0.1, 0.15) is 0 Å². The molecular weight excluding hydrogens is 400 g/mol. The second kappa shape index (κ2) is 5.84. The van der Waals surface area contributed by atoms with Crippen LogP contribution < -0.4 is 5.32 Å². The average Bonchev–Trinajstić information content (AvgIpc) is 2.90. The number of fused-ring (bicyclic) bond motifs is 1. The maximum atomic E-state index is 4.49. The van der Waals surface area contributed by atoms with E-state index >= 15 is 0 Å². The molecule has 1 aromatic carbocycles. The monoisotopic (exact) mass is 410 g/mol. The van der Waals surface area contributed by atoms with Gasteiger partial charge in [-0.25, -0.2) is 0 Å². The molecule has 0 bridgehead atoms. The number of benzene rings is 1. The zero-order valence-corrected chi connectivity index (χ0v) is 14.7.